The number of amides is 1. The fraction of sp³-hybridized carbons (Fsp3) is 0.0667. The average Bonchev–Trinajstić information content (AvgIpc) is 3.19. The lowest BCUT2D eigenvalue weighted by Crippen LogP contribution is -2.23. The van der Waals surface area contributed by atoms with E-state index in [0.29, 0.717) is 22.2 Å². The van der Waals surface area contributed by atoms with Crippen LogP contribution in [0.3, 0.4) is 0 Å². The Labute approximate surface area is 151 Å². The number of thiazole rings is 1. The van der Waals surface area contributed by atoms with Gasteiger partial charge in [0, 0.05) is 22.3 Å². The van der Waals surface area contributed by atoms with Gasteiger partial charge in [-0.1, -0.05) is 15.9 Å². The zero-order chi connectivity index (χ0) is 17.7. The van der Waals surface area contributed by atoms with Gasteiger partial charge in [-0.15, -0.1) is 11.3 Å². The molecule has 2 N–H and O–H groups in total. The molecule has 4 aromatic rings. The molecule has 0 aliphatic heterocycles. The van der Waals surface area contributed by atoms with Crippen LogP contribution in [-0.2, 0) is 0 Å². The van der Waals surface area contributed by atoms with Crippen LogP contribution in [0.2, 0.25) is 0 Å². The van der Waals surface area contributed by atoms with Crippen molar-refractivity contribution < 1.29 is 14.3 Å². The molecule has 8 nitrogen and oxygen atoms in total. The van der Waals surface area contributed by atoms with Crippen LogP contribution in [0, 0.1) is 0 Å². The van der Waals surface area contributed by atoms with E-state index in [-0.39, 0.29) is 16.5 Å². The number of anilines is 1. The normalized spacial score (nSPS) is 11.3. The van der Waals surface area contributed by atoms with Gasteiger partial charge in [0.15, 0.2) is 11.0 Å². The van der Waals surface area contributed by atoms with Crippen molar-refractivity contribution in [3.8, 4) is 11.5 Å². The van der Waals surface area contributed by atoms with Crippen molar-refractivity contribution in [1.29, 1.82) is 0 Å². The fourth-order valence-electron chi connectivity index (χ4n) is 2.36. The molecule has 0 atom stereocenters. The van der Waals surface area contributed by atoms with Gasteiger partial charge in [0.25, 0.3) is 5.56 Å². The van der Waals surface area contributed by atoms with E-state index in [2.05, 4.69) is 30.9 Å². The minimum absolute atomic E-state index is 0.134. The zero-order valence-corrected chi connectivity index (χ0v) is 15.0. The van der Waals surface area contributed by atoms with Gasteiger partial charge in [-0.05, 0) is 18.2 Å². The molecule has 1 amide bonds. The number of hydrogen-bond donors (Lipinski definition) is 2. The lowest BCUT2D eigenvalue weighted by molar-refractivity contribution is 0.203. The molecule has 3 aromatic heterocycles. The molecule has 126 valence electrons. The summed E-state index contributed by atoms with van der Waals surface area (Å²) >= 11 is 4.53. The number of carbonyl (C=O) groups is 1. The maximum Gasteiger partial charge on any atom is 0.413 e. The van der Waals surface area contributed by atoms with E-state index in [9.17, 15) is 9.59 Å². The molecule has 25 heavy (non-hydrogen) atoms. The number of aromatic nitrogens is 3. The SMILES string of the molecule is CN(C(=O)O)c1nc(-c2nc3c(oc4ccc(Br)cc43)c(=O)[nH]2)cs1. The predicted molar refractivity (Wildman–Crippen MR) is 97.4 cm³/mol. The molecule has 0 saturated carbocycles. The standard InChI is InChI=1S/C15H9BrN4O4S/c1-20(15(22)23)14-17-8(5-25-14)12-18-10-7-4-6(16)2-3-9(7)24-11(10)13(21)19-12/h2-5H,1H3,(H,22,23)(H,18,19,21). The molecule has 4 rings (SSSR count). The molecule has 0 unspecified atom stereocenters. The van der Waals surface area contributed by atoms with Gasteiger partial charge in [-0.2, -0.15) is 0 Å². The molecular weight excluding hydrogens is 412 g/mol. The van der Waals surface area contributed by atoms with Gasteiger partial charge in [-0.3, -0.25) is 9.69 Å². The number of H-pyrrole nitrogens is 1. The summed E-state index contributed by atoms with van der Waals surface area (Å²) < 4.78 is 6.41. The Kier molecular flexibility index (Phi) is 3.58. The summed E-state index contributed by atoms with van der Waals surface area (Å²) in [7, 11) is 1.39. The van der Waals surface area contributed by atoms with E-state index in [1.54, 1.807) is 11.4 Å². The number of carboxylic acid groups (broad SMARTS) is 1. The lowest BCUT2D eigenvalue weighted by atomic mass is 10.2. The van der Waals surface area contributed by atoms with E-state index < -0.39 is 11.7 Å². The number of halogens is 1. The molecule has 0 bridgehead atoms. The van der Waals surface area contributed by atoms with Crippen LogP contribution in [0.15, 0.2) is 37.3 Å². The fourth-order valence-corrected chi connectivity index (χ4v) is 3.49. The monoisotopic (exact) mass is 420 g/mol. The summed E-state index contributed by atoms with van der Waals surface area (Å²) in [5.41, 5.74) is 1.08. The van der Waals surface area contributed by atoms with Crippen LogP contribution in [-0.4, -0.2) is 33.2 Å². The number of aromatic amines is 1. The largest absolute Gasteiger partial charge is 0.465 e. The van der Waals surface area contributed by atoms with Gasteiger partial charge in [-0.25, -0.2) is 14.8 Å². The Bertz CT molecular complexity index is 1200. The van der Waals surface area contributed by atoms with Crippen LogP contribution in [0.1, 0.15) is 0 Å². The van der Waals surface area contributed by atoms with Gasteiger partial charge in [0.05, 0.1) is 0 Å². The predicted octanol–water partition coefficient (Wildman–Crippen LogP) is 3.67. The number of nitrogens with one attached hydrogen (secondary N) is 1. The van der Waals surface area contributed by atoms with Crippen LogP contribution >= 0.6 is 27.3 Å². The summed E-state index contributed by atoms with van der Waals surface area (Å²) in [5, 5.41) is 11.6. The second-order valence-corrected chi connectivity index (χ2v) is 6.94. The minimum Gasteiger partial charge on any atom is -0.465 e. The van der Waals surface area contributed by atoms with Crippen molar-refractivity contribution in [2.75, 3.05) is 11.9 Å². The van der Waals surface area contributed by atoms with Crippen molar-refractivity contribution in [1.82, 2.24) is 15.0 Å². The molecule has 0 aliphatic rings. The number of nitrogens with zero attached hydrogens (tertiary/aromatic N) is 3. The van der Waals surface area contributed by atoms with Crippen LogP contribution in [0.25, 0.3) is 33.6 Å². The van der Waals surface area contributed by atoms with Gasteiger partial charge < -0.3 is 14.5 Å². The summed E-state index contributed by atoms with van der Waals surface area (Å²) in [5.74, 6) is 0.251. The first kappa shape index (κ1) is 15.8. The highest BCUT2D eigenvalue weighted by Crippen LogP contribution is 2.30. The molecular formula is C15H9BrN4O4S. The molecule has 0 aliphatic carbocycles. The van der Waals surface area contributed by atoms with Gasteiger partial charge in [0.1, 0.15) is 16.8 Å². The number of fused-ring (bicyclic) bond motifs is 3. The third-order valence-electron chi connectivity index (χ3n) is 3.59. The van der Waals surface area contributed by atoms with Gasteiger partial charge >= 0.3 is 6.09 Å². The zero-order valence-electron chi connectivity index (χ0n) is 12.6. The smallest absolute Gasteiger partial charge is 0.413 e. The van der Waals surface area contributed by atoms with Crippen molar-refractivity contribution in [3.05, 3.63) is 38.4 Å². The third kappa shape index (κ3) is 2.59. The molecule has 0 spiro atoms. The summed E-state index contributed by atoms with van der Waals surface area (Å²) in [4.78, 5) is 35.7. The Morgan fingerprint density at radius 3 is 2.96 bits per heavy atom. The number of hydrogen-bond acceptors (Lipinski definition) is 6. The number of rotatable bonds is 2. The average molecular weight is 421 g/mol. The summed E-state index contributed by atoms with van der Waals surface area (Å²) in [6.07, 6.45) is -1.12. The van der Waals surface area contributed by atoms with Crippen LogP contribution < -0.4 is 10.5 Å². The lowest BCUT2D eigenvalue weighted by Gasteiger charge is -2.07. The summed E-state index contributed by atoms with van der Waals surface area (Å²) in [6.45, 7) is 0. The first-order valence-corrected chi connectivity index (χ1v) is 8.66. The maximum absolute atomic E-state index is 12.3. The molecule has 0 fully saturated rings. The molecule has 0 radical (unpaired) electrons. The topological polar surface area (TPSA) is 112 Å². The van der Waals surface area contributed by atoms with E-state index >= 15 is 0 Å². The molecule has 0 saturated heterocycles. The van der Waals surface area contributed by atoms with Crippen LogP contribution in [0.5, 0.6) is 0 Å². The van der Waals surface area contributed by atoms with Crippen molar-refractivity contribution >= 4 is 60.6 Å². The quantitative estimate of drug-likeness (QED) is 0.511. The number of benzene rings is 1. The molecule has 3 heterocycles. The highest BCUT2D eigenvalue weighted by molar-refractivity contribution is 9.10. The van der Waals surface area contributed by atoms with E-state index in [0.717, 1.165) is 20.7 Å². The Morgan fingerprint density at radius 1 is 1.40 bits per heavy atom. The van der Waals surface area contributed by atoms with E-state index in [1.165, 1.54) is 7.05 Å². The Hall–Kier alpha value is -2.72. The third-order valence-corrected chi connectivity index (χ3v) is 5.00. The van der Waals surface area contributed by atoms with Crippen molar-refractivity contribution in [3.63, 3.8) is 0 Å². The first-order chi connectivity index (χ1) is 11.9. The van der Waals surface area contributed by atoms with Crippen molar-refractivity contribution in [2.24, 2.45) is 0 Å². The minimum atomic E-state index is -1.12. The van der Waals surface area contributed by atoms with Crippen LogP contribution in [0.4, 0.5) is 9.93 Å². The van der Waals surface area contributed by atoms with E-state index in [4.69, 9.17) is 9.52 Å². The molecule has 10 heteroatoms. The highest BCUT2D eigenvalue weighted by atomic mass is 79.9. The summed E-state index contributed by atoms with van der Waals surface area (Å²) in [6, 6.07) is 5.39. The maximum atomic E-state index is 12.3. The van der Waals surface area contributed by atoms with E-state index in [1.807, 2.05) is 12.1 Å². The second-order valence-electron chi connectivity index (χ2n) is 5.19. The number of furan rings is 1. The second kappa shape index (κ2) is 5.67. The first-order valence-electron chi connectivity index (χ1n) is 6.98. The molecule has 1 aromatic carbocycles. The van der Waals surface area contributed by atoms with Gasteiger partial charge in [0.2, 0.25) is 5.58 Å². The van der Waals surface area contributed by atoms with Crippen molar-refractivity contribution in [2.45, 2.75) is 0 Å². The Balaban J connectivity index is 1.91. The highest BCUT2D eigenvalue weighted by Gasteiger charge is 2.18. The Morgan fingerprint density at radius 2 is 2.20 bits per heavy atom.